The molecule has 0 saturated carbocycles. The number of benzene rings is 2. The Balaban J connectivity index is 1.82. The van der Waals surface area contributed by atoms with E-state index in [0.717, 1.165) is 11.1 Å². The second-order valence-electron chi connectivity index (χ2n) is 8.46. The number of Topliss-reactive ketones (excluding diaryl/α,β-unsaturated/α-hetero) is 1. The number of nitrogens with zero attached hydrogens (tertiary/aromatic N) is 1. The molecule has 6 nitrogen and oxygen atoms in total. The van der Waals surface area contributed by atoms with Crippen LogP contribution >= 0.6 is 11.3 Å². The molecule has 34 heavy (non-hydrogen) atoms. The molecule has 0 aliphatic carbocycles. The lowest BCUT2D eigenvalue weighted by atomic mass is 9.90. The number of aliphatic hydroxyl groups excluding tert-OH is 2. The molecule has 0 bridgehead atoms. The number of anilines is 1. The molecular formula is C27H27NO5S. The summed E-state index contributed by atoms with van der Waals surface area (Å²) in [5.74, 6) is -1.46. The Bertz CT molecular complexity index is 1240. The molecule has 4 rings (SSSR count). The van der Waals surface area contributed by atoms with E-state index in [1.807, 2.05) is 31.2 Å². The van der Waals surface area contributed by atoms with Crippen molar-refractivity contribution >= 4 is 28.7 Å². The molecule has 2 aromatic carbocycles. The minimum absolute atomic E-state index is 0.0533. The number of para-hydroxylation sites is 1. The number of carbonyl (C=O) groups is 2. The first-order chi connectivity index (χ1) is 16.3. The van der Waals surface area contributed by atoms with Gasteiger partial charge in [0, 0.05) is 22.0 Å². The zero-order valence-corrected chi connectivity index (χ0v) is 20.1. The number of ether oxygens (including phenoxy) is 1. The molecule has 1 unspecified atom stereocenters. The standard InChI is InChI=1S/C27H27NO5S/c1-16(2)25(30)23-24(21-6-4-5-7-22(21)33-13-12-29)28(27(32)26(23)31)20-10-8-18(9-11-20)19-14-17(3)34-15-19/h4-11,14-16,24,29,31H,12-13H2,1-3H3. The Labute approximate surface area is 202 Å². The van der Waals surface area contributed by atoms with E-state index in [1.54, 1.807) is 49.4 Å². The third-order valence-electron chi connectivity index (χ3n) is 5.77. The number of aliphatic hydroxyl groups is 2. The van der Waals surface area contributed by atoms with Crippen LogP contribution in [0.3, 0.4) is 0 Å². The number of hydrogen-bond donors (Lipinski definition) is 2. The van der Waals surface area contributed by atoms with Gasteiger partial charge in [0.1, 0.15) is 12.4 Å². The number of amides is 1. The number of carbonyl (C=O) groups excluding carboxylic acids is 2. The zero-order chi connectivity index (χ0) is 24.4. The van der Waals surface area contributed by atoms with Crippen LogP contribution in [0.15, 0.2) is 71.3 Å². The fraction of sp³-hybridized carbons (Fsp3) is 0.259. The number of ketones is 1. The van der Waals surface area contributed by atoms with Gasteiger partial charge in [-0.3, -0.25) is 14.5 Å². The molecule has 1 aliphatic rings. The van der Waals surface area contributed by atoms with Gasteiger partial charge in [-0.1, -0.05) is 44.2 Å². The maximum absolute atomic E-state index is 13.3. The van der Waals surface area contributed by atoms with Gasteiger partial charge in [-0.2, -0.15) is 0 Å². The van der Waals surface area contributed by atoms with Crippen molar-refractivity contribution in [2.24, 2.45) is 5.92 Å². The maximum atomic E-state index is 13.3. The molecule has 0 saturated heterocycles. The topological polar surface area (TPSA) is 87.1 Å². The Morgan fingerprint density at radius 1 is 1.12 bits per heavy atom. The zero-order valence-electron chi connectivity index (χ0n) is 19.3. The fourth-order valence-electron chi connectivity index (χ4n) is 4.13. The van der Waals surface area contributed by atoms with Gasteiger partial charge < -0.3 is 14.9 Å². The van der Waals surface area contributed by atoms with Gasteiger partial charge in [-0.25, -0.2) is 0 Å². The Morgan fingerprint density at radius 3 is 2.44 bits per heavy atom. The van der Waals surface area contributed by atoms with Gasteiger partial charge in [-0.15, -0.1) is 11.3 Å². The van der Waals surface area contributed by atoms with Gasteiger partial charge in [-0.05, 0) is 47.7 Å². The predicted molar refractivity (Wildman–Crippen MR) is 133 cm³/mol. The van der Waals surface area contributed by atoms with Crippen LogP contribution in [0, 0.1) is 12.8 Å². The molecule has 0 radical (unpaired) electrons. The molecule has 7 heteroatoms. The first kappa shape index (κ1) is 23.7. The lowest BCUT2D eigenvalue weighted by molar-refractivity contribution is -0.119. The van der Waals surface area contributed by atoms with Gasteiger partial charge in [0.25, 0.3) is 5.91 Å². The smallest absolute Gasteiger partial charge is 0.294 e. The molecule has 176 valence electrons. The van der Waals surface area contributed by atoms with E-state index >= 15 is 0 Å². The van der Waals surface area contributed by atoms with Crippen molar-refractivity contribution in [1.82, 2.24) is 0 Å². The third kappa shape index (κ3) is 4.36. The van der Waals surface area contributed by atoms with Crippen molar-refractivity contribution in [3.8, 4) is 16.9 Å². The summed E-state index contributed by atoms with van der Waals surface area (Å²) < 4.78 is 5.72. The van der Waals surface area contributed by atoms with Crippen molar-refractivity contribution in [3.63, 3.8) is 0 Å². The normalized spacial score (nSPS) is 16.0. The maximum Gasteiger partial charge on any atom is 0.294 e. The van der Waals surface area contributed by atoms with E-state index in [9.17, 15) is 19.8 Å². The largest absolute Gasteiger partial charge is 0.503 e. The lowest BCUT2D eigenvalue weighted by Crippen LogP contribution is -2.31. The summed E-state index contributed by atoms with van der Waals surface area (Å²) in [7, 11) is 0. The first-order valence-electron chi connectivity index (χ1n) is 11.1. The molecule has 0 spiro atoms. The molecule has 2 N–H and O–H groups in total. The minimum Gasteiger partial charge on any atom is -0.503 e. The summed E-state index contributed by atoms with van der Waals surface area (Å²) in [6.07, 6.45) is 0. The highest BCUT2D eigenvalue weighted by molar-refractivity contribution is 7.10. The predicted octanol–water partition coefficient (Wildman–Crippen LogP) is 5.22. The first-order valence-corrected chi connectivity index (χ1v) is 12.0. The molecule has 3 aromatic rings. The number of thiophene rings is 1. The van der Waals surface area contributed by atoms with E-state index in [-0.39, 0.29) is 24.6 Å². The Kier molecular flexibility index (Phi) is 6.86. The van der Waals surface area contributed by atoms with Crippen LogP contribution in [-0.2, 0) is 9.59 Å². The van der Waals surface area contributed by atoms with E-state index in [2.05, 4.69) is 11.4 Å². The summed E-state index contributed by atoms with van der Waals surface area (Å²) >= 11 is 1.67. The quantitative estimate of drug-likeness (QED) is 0.465. The summed E-state index contributed by atoms with van der Waals surface area (Å²) in [6.45, 7) is 5.41. The van der Waals surface area contributed by atoms with Crippen LogP contribution in [0.4, 0.5) is 5.69 Å². The van der Waals surface area contributed by atoms with Gasteiger partial charge in [0.2, 0.25) is 0 Å². The molecule has 1 aliphatic heterocycles. The van der Waals surface area contributed by atoms with Gasteiger partial charge >= 0.3 is 0 Å². The third-order valence-corrected chi connectivity index (χ3v) is 6.63. The summed E-state index contributed by atoms with van der Waals surface area (Å²) in [6, 6.07) is 15.8. The highest BCUT2D eigenvalue weighted by Gasteiger charge is 2.45. The molecule has 2 heterocycles. The highest BCUT2D eigenvalue weighted by atomic mass is 32.1. The second-order valence-corrected chi connectivity index (χ2v) is 9.58. The van der Waals surface area contributed by atoms with Crippen molar-refractivity contribution < 1.29 is 24.5 Å². The number of aryl methyl sites for hydroxylation is 1. The average molecular weight is 478 g/mol. The molecule has 1 aromatic heterocycles. The Morgan fingerprint density at radius 2 is 1.82 bits per heavy atom. The molecule has 1 amide bonds. The van der Waals surface area contributed by atoms with E-state index in [0.29, 0.717) is 17.0 Å². The minimum atomic E-state index is -0.855. The number of rotatable bonds is 8. The van der Waals surface area contributed by atoms with Gasteiger partial charge in [0.15, 0.2) is 11.5 Å². The average Bonchev–Trinajstić information content (AvgIpc) is 3.38. The SMILES string of the molecule is Cc1cc(-c2ccc(N3C(=O)C(O)=C(C(=O)C(C)C)C3c3ccccc3OCCO)cc2)cs1. The van der Waals surface area contributed by atoms with Crippen LogP contribution in [0.5, 0.6) is 5.75 Å². The van der Waals surface area contributed by atoms with Crippen LogP contribution in [0.2, 0.25) is 0 Å². The van der Waals surface area contributed by atoms with Crippen molar-refractivity contribution in [2.45, 2.75) is 26.8 Å². The van der Waals surface area contributed by atoms with Crippen LogP contribution < -0.4 is 9.64 Å². The van der Waals surface area contributed by atoms with Crippen LogP contribution in [0.25, 0.3) is 11.1 Å². The molecule has 1 atom stereocenters. The van der Waals surface area contributed by atoms with Crippen molar-refractivity contribution in [1.29, 1.82) is 0 Å². The van der Waals surface area contributed by atoms with Crippen molar-refractivity contribution in [2.75, 3.05) is 18.1 Å². The van der Waals surface area contributed by atoms with Crippen molar-refractivity contribution in [3.05, 3.63) is 81.8 Å². The number of hydrogen-bond acceptors (Lipinski definition) is 6. The fourth-order valence-corrected chi connectivity index (χ4v) is 4.84. The van der Waals surface area contributed by atoms with E-state index in [1.165, 1.54) is 9.78 Å². The summed E-state index contributed by atoms with van der Waals surface area (Å²) in [4.78, 5) is 29.1. The van der Waals surface area contributed by atoms with Crippen LogP contribution in [-0.4, -0.2) is 35.1 Å². The van der Waals surface area contributed by atoms with Gasteiger partial charge in [0.05, 0.1) is 18.2 Å². The van der Waals surface area contributed by atoms with E-state index in [4.69, 9.17) is 4.74 Å². The van der Waals surface area contributed by atoms with E-state index < -0.39 is 23.6 Å². The molecular weight excluding hydrogens is 450 g/mol. The summed E-state index contributed by atoms with van der Waals surface area (Å²) in [5, 5.41) is 22.1. The Hall–Kier alpha value is -3.42. The second kappa shape index (κ2) is 9.83. The van der Waals surface area contributed by atoms with Crippen LogP contribution in [0.1, 0.15) is 30.3 Å². The molecule has 0 fully saturated rings. The lowest BCUT2D eigenvalue weighted by Gasteiger charge is -2.28. The highest BCUT2D eigenvalue weighted by Crippen LogP contribution is 2.45. The monoisotopic (exact) mass is 477 g/mol. The summed E-state index contributed by atoms with van der Waals surface area (Å²) in [5.41, 5.74) is 3.28.